The molecule has 1 aromatic heterocycles. The molecule has 0 aliphatic carbocycles. The standard InChI is InChI=1S/C31H34ClN3O6/c1-31(2,3)41-30(37)35-16-14-34(15-17-35)13-4-18-38-23-9-11-25(27(36)19-23)29-33-26-12-10-24(20-28(26)40-29)39-22-7-5-21(32)6-8-22/h5-12,19-20,36H,4,13-18H2,1-3H3. The summed E-state index contributed by atoms with van der Waals surface area (Å²) in [5.74, 6) is 2.14. The van der Waals surface area contributed by atoms with E-state index >= 15 is 0 Å². The largest absolute Gasteiger partial charge is 0.507 e. The smallest absolute Gasteiger partial charge is 0.410 e. The van der Waals surface area contributed by atoms with Crippen LogP contribution in [0.3, 0.4) is 0 Å². The summed E-state index contributed by atoms with van der Waals surface area (Å²) in [6.45, 7) is 9.89. The summed E-state index contributed by atoms with van der Waals surface area (Å²) in [5.41, 5.74) is 1.17. The van der Waals surface area contributed by atoms with Crippen LogP contribution < -0.4 is 9.47 Å². The van der Waals surface area contributed by atoms with Gasteiger partial charge in [-0.3, -0.25) is 4.90 Å². The van der Waals surface area contributed by atoms with Crippen LogP contribution in [0.4, 0.5) is 4.79 Å². The molecule has 0 atom stereocenters. The maximum absolute atomic E-state index is 12.2. The molecular weight excluding hydrogens is 546 g/mol. The van der Waals surface area contributed by atoms with Crippen LogP contribution in [-0.4, -0.2) is 70.9 Å². The van der Waals surface area contributed by atoms with Gasteiger partial charge >= 0.3 is 6.09 Å². The van der Waals surface area contributed by atoms with Gasteiger partial charge in [0.25, 0.3) is 0 Å². The first-order valence-corrected chi connectivity index (χ1v) is 14.0. The van der Waals surface area contributed by atoms with Crippen LogP contribution in [0.1, 0.15) is 27.2 Å². The molecule has 5 rings (SSSR count). The van der Waals surface area contributed by atoms with Gasteiger partial charge in [-0.05, 0) is 75.7 Å². The maximum Gasteiger partial charge on any atom is 0.410 e. The molecule has 1 fully saturated rings. The summed E-state index contributed by atoms with van der Waals surface area (Å²) < 4.78 is 23.1. The number of hydrogen-bond acceptors (Lipinski definition) is 8. The normalized spacial score (nSPS) is 14.3. The molecule has 4 aromatic rings. The number of benzene rings is 3. The molecule has 1 aliphatic rings. The molecule has 0 radical (unpaired) electrons. The van der Waals surface area contributed by atoms with Gasteiger partial charge in [0.05, 0.1) is 12.2 Å². The molecule has 216 valence electrons. The second-order valence-corrected chi connectivity index (χ2v) is 11.3. The molecule has 0 spiro atoms. The van der Waals surface area contributed by atoms with Crippen LogP contribution >= 0.6 is 11.6 Å². The predicted octanol–water partition coefficient (Wildman–Crippen LogP) is 6.97. The third kappa shape index (κ3) is 7.62. The topological polar surface area (TPSA) is 97.5 Å². The van der Waals surface area contributed by atoms with Gasteiger partial charge in [-0.15, -0.1) is 0 Å². The Labute approximate surface area is 244 Å². The highest BCUT2D eigenvalue weighted by Gasteiger charge is 2.25. The minimum atomic E-state index is -0.487. The number of carbonyl (C=O) groups is 1. The first-order chi connectivity index (χ1) is 19.6. The summed E-state index contributed by atoms with van der Waals surface area (Å²) in [5, 5.41) is 11.3. The lowest BCUT2D eigenvalue weighted by atomic mass is 10.2. The Morgan fingerprint density at radius 3 is 2.39 bits per heavy atom. The molecule has 0 bridgehead atoms. The molecule has 10 heteroatoms. The average Bonchev–Trinajstić information content (AvgIpc) is 3.35. The third-order valence-electron chi connectivity index (χ3n) is 6.52. The van der Waals surface area contributed by atoms with Gasteiger partial charge in [0.15, 0.2) is 5.58 Å². The summed E-state index contributed by atoms with van der Waals surface area (Å²) in [7, 11) is 0. The van der Waals surface area contributed by atoms with Gasteiger partial charge in [0.2, 0.25) is 5.89 Å². The van der Waals surface area contributed by atoms with Crippen molar-refractivity contribution in [2.45, 2.75) is 32.8 Å². The Bertz CT molecular complexity index is 1490. The van der Waals surface area contributed by atoms with E-state index < -0.39 is 5.60 Å². The van der Waals surface area contributed by atoms with E-state index in [4.69, 9.17) is 30.2 Å². The molecule has 3 aromatic carbocycles. The number of piperazine rings is 1. The van der Waals surface area contributed by atoms with Gasteiger partial charge in [-0.1, -0.05) is 11.6 Å². The van der Waals surface area contributed by atoms with Gasteiger partial charge in [-0.2, -0.15) is 0 Å². The van der Waals surface area contributed by atoms with E-state index in [2.05, 4.69) is 9.88 Å². The lowest BCUT2D eigenvalue weighted by molar-refractivity contribution is 0.0142. The number of aromatic nitrogens is 1. The van der Waals surface area contributed by atoms with E-state index in [0.717, 1.165) is 26.1 Å². The highest BCUT2D eigenvalue weighted by molar-refractivity contribution is 6.30. The second-order valence-electron chi connectivity index (χ2n) is 10.9. The number of phenolic OH excluding ortho intramolecular Hbond substituents is 1. The number of hydrogen-bond donors (Lipinski definition) is 1. The lowest BCUT2D eigenvalue weighted by Gasteiger charge is -2.35. The molecule has 1 amide bonds. The second kappa shape index (κ2) is 12.3. The van der Waals surface area contributed by atoms with Crippen molar-refractivity contribution in [1.29, 1.82) is 0 Å². The zero-order valence-electron chi connectivity index (χ0n) is 23.4. The molecule has 41 heavy (non-hydrogen) atoms. The fourth-order valence-corrected chi connectivity index (χ4v) is 4.59. The fraction of sp³-hybridized carbons (Fsp3) is 0.355. The predicted molar refractivity (Wildman–Crippen MR) is 157 cm³/mol. The van der Waals surface area contributed by atoms with Crippen molar-refractivity contribution in [1.82, 2.24) is 14.8 Å². The third-order valence-corrected chi connectivity index (χ3v) is 6.77. The van der Waals surface area contributed by atoms with Crippen molar-refractivity contribution >= 4 is 28.8 Å². The van der Waals surface area contributed by atoms with Crippen molar-refractivity contribution < 1.29 is 28.5 Å². The van der Waals surface area contributed by atoms with Crippen LogP contribution in [-0.2, 0) is 4.74 Å². The van der Waals surface area contributed by atoms with Crippen LogP contribution in [0.5, 0.6) is 23.0 Å². The number of amides is 1. The van der Waals surface area contributed by atoms with E-state index in [9.17, 15) is 9.90 Å². The molecule has 0 unspecified atom stereocenters. The Hall–Kier alpha value is -3.95. The number of rotatable bonds is 8. The van der Waals surface area contributed by atoms with Crippen molar-refractivity contribution in [3.8, 4) is 34.5 Å². The number of fused-ring (bicyclic) bond motifs is 1. The Morgan fingerprint density at radius 2 is 1.68 bits per heavy atom. The van der Waals surface area contributed by atoms with Crippen LogP contribution in [0.2, 0.25) is 5.02 Å². The monoisotopic (exact) mass is 579 g/mol. The number of phenols is 1. The van der Waals surface area contributed by atoms with Gasteiger partial charge in [0, 0.05) is 49.9 Å². The van der Waals surface area contributed by atoms with Gasteiger partial charge < -0.3 is 28.6 Å². The first kappa shape index (κ1) is 28.6. The van der Waals surface area contributed by atoms with Crippen molar-refractivity contribution in [2.75, 3.05) is 39.3 Å². The number of carbonyl (C=O) groups excluding carboxylic acids is 1. The first-order valence-electron chi connectivity index (χ1n) is 13.6. The number of halogens is 1. The zero-order valence-corrected chi connectivity index (χ0v) is 24.2. The van der Waals surface area contributed by atoms with Crippen molar-refractivity contribution in [3.05, 3.63) is 65.7 Å². The van der Waals surface area contributed by atoms with Crippen molar-refractivity contribution in [3.63, 3.8) is 0 Å². The quantitative estimate of drug-likeness (QED) is 0.224. The maximum atomic E-state index is 12.2. The zero-order chi connectivity index (χ0) is 29.0. The number of aromatic hydroxyl groups is 1. The Balaban J connectivity index is 1.11. The highest BCUT2D eigenvalue weighted by Crippen LogP contribution is 2.35. The number of oxazole rings is 1. The average molecular weight is 580 g/mol. The van der Waals surface area contributed by atoms with E-state index in [1.54, 1.807) is 65.6 Å². The summed E-state index contributed by atoms with van der Waals surface area (Å²) in [6.07, 6.45) is 0.565. The molecular formula is C31H34ClN3O6. The van der Waals surface area contributed by atoms with Crippen molar-refractivity contribution in [2.24, 2.45) is 0 Å². The van der Waals surface area contributed by atoms with Crippen LogP contribution in [0, 0.1) is 0 Å². The van der Waals surface area contributed by atoms with E-state index in [0.29, 0.717) is 64.5 Å². The fourth-order valence-electron chi connectivity index (χ4n) is 4.46. The highest BCUT2D eigenvalue weighted by atomic mass is 35.5. The summed E-state index contributed by atoms with van der Waals surface area (Å²) in [4.78, 5) is 20.8. The summed E-state index contributed by atoms with van der Waals surface area (Å²) >= 11 is 5.94. The minimum Gasteiger partial charge on any atom is -0.507 e. The molecule has 1 N–H and O–H groups in total. The minimum absolute atomic E-state index is 0.0185. The van der Waals surface area contributed by atoms with E-state index in [1.165, 1.54) is 0 Å². The van der Waals surface area contributed by atoms with Crippen LogP contribution in [0.25, 0.3) is 22.6 Å². The Kier molecular flexibility index (Phi) is 8.56. The summed E-state index contributed by atoms with van der Waals surface area (Å²) in [6, 6.07) is 17.6. The Morgan fingerprint density at radius 1 is 0.976 bits per heavy atom. The molecule has 1 aliphatic heterocycles. The molecule has 0 saturated carbocycles. The van der Waals surface area contributed by atoms with Crippen LogP contribution in [0.15, 0.2) is 65.1 Å². The number of nitrogens with zero attached hydrogens (tertiary/aromatic N) is 3. The van der Waals surface area contributed by atoms with E-state index in [-0.39, 0.29) is 11.8 Å². The lowest BCUT2D eigenvalue weighted by Crippen LogP contribution is -2.50. The molecule has 2 heterocycles. The SMILES string of the molecule is CC(C)(C)OC(=O)N1CCN(CCCOc2ccc(-c3nc4ccc(Oc5ccc(Cl)cc5)cc4o3)c(O)c2)CC1. The molecule has 1 saturated heterocycles. The van der Waals surface area contributed by atoms with Gasteiger partial charge in [0.1, 0.15) is 34.1 Å². The van der Waals surface area contributed by atoms with E-state index in [1.807, 2.05) is 20.8 Å². The molecule has 9 nitrogen and oxygen atoms in total. The van der Waals surface area contributed by atoms with Gasteiger partial charge in [-0.25, -0.2) is 9.78 Å². The number of ether oxygens (including phenoxy) is 3.